The van der Waals surface area contributed by atoms with Crippen molar-refractivity contribution in [2.45, 2.75) is 12.8 Å². The highest BCUT2D eigenvalue weighted by Gasteiger charge is 2.08. The highest BCUT2D eigenvalue weighted by molar-refractivity contribution is 6.41. The van der Waals surface area contributed by atoms with Gasteiger partial charge in [-0.25, -0.2) is 9.97 Å². The summed E-state index contributed by atoms with van der Waals surface area (Å²) in [7, 11) is 1.66. The molecule has 0 unspecified atom stereocenters. The minimum absolute atomic E-state index is 0.275. The standard InChI is InChI=1S/C15H13Cl2N3O/c1-21-10-5-2-9(3-6-10)4-7-13-18-12-8-11(16)14(17)20-15(12)19-13/h2-3,5-6,8H,4,7H2,1H3,(H,18,19,20). The number of aryl methyl sites for hydroxylation is 2. The van der Waals surface area contributed by atoms with Crippen LogP contribution in [0.25, 0.3) is 11.2 Å². The number of nitrogens with one attached hydrogen (secondary N) is 1. The van der Waals surface area contributed by atoms with E-state index in [4.69, 9.17) is 27.9 Å². The van der Waals surface area contributed by atoms with Crippen molar-refractivity contribution in [1.29, 1.82) is 0 Å². The van der Waals surface area contributed by atoms with Gasteiger partial charge < -0.3 is 9.72 Å². The number of nitrogens with zero attached hydrogens (tertiary/aromatic N) is 2. The topological polar surface area (TPSA) is 50.8 Å². The number of aromatic amines is 1. The molecule has 3 rings (SSSR count). The number of methoxy groups -OCH3 is 1. The molecule has 108 valence electrons. The number of rotatable bonds is 4. The molecule has 21 heavy (non-hydrogen) atoms. The second-order valence-corrected chi connectivity index (χ2v) is 5.43. The molecule has 4 nitrogen and oxygen atoms in total. The Morgan fingerprint density at radius 2 is 1.86 bits per heavy atom. The SMILES string of the molecule is COc1ccc(CCc2nc3nc(Cl)c(Cl)cc3[nH]2)cc1. The third kappa shape index (κ3) is 3.12. The van der Waals surface area contributed by atoms with Gasteiger partial charge in [0.05, 0.1) is 17.6 Å². The summed E-state index contributed by atoms with van der Waals surface area (Å²) >= 11 is 11.8. The Morgan fingerprint density at radius 3 is 2.57 bits per heavy atom. The van der Waals surface area contributed by atoms with Gasteiger partial charge in [-0.1, -0.05) is 35.3 Å². The third-order valence-corrected chi connectivity index (χ3v) is 3.92. The first-order valence-corrected chi connectivity index (χ1v) is 7.25. The van der Waals surface area contributed by atoms with E-state index in [0.717, 1.165) is 29.9 Å². The summed E-state index contributed by atoms with van der Waals surface area (Å²) < 4.78 is 5.14. The van der Waals surface area contributed by atoms with Crippen LogP contribution in [0.4, 0.5) is 0 Å². The van der Waals surface area contributed by atoms with Crippen LogP contribution in [0.5, 0.6) is 5.75 Å². The summed E-state index contributed by atoms with van der Waals surface area (Å²) in [4.78, 5) is 11.8. The summed E-state index contributed by atoms with van der Waals surface area (Å²) in [6, 6.07) is 9.75. The first-order valence-electron chi connectivity index (χ1n) is 6.49. The van der Waals surface area contributed by atoms with Crippen LogP contribution in [0, 0.1) is 0 Å². The average Bonchev–Trinajstić information content (AvgIpc) is 2.88. The van der Waals surface area contributed by atoms with E-state index in [-0.39, 0.29) is 5.15 Å². The van der Waals surface area contributed by atoms with E-state index in [1.807, 2.05) is 24.3 Å². The second kappa shape index (κ2) is 5.92. The fraction of sp³-hybridized carbons (Fsp3) is 0.200. The molecule has 0 aliphatic heterocycles. The predicted molar refractivity (Wildman–Crippen MR) is 84.3 cm³/mol. The quantitative estimate of drug-likeness (QED) is 0.737. The minimum atomic E-state index is 0.275. The number of benzene rings is 1. The van der Waals surface area contributed by atoms with Crippen molar-refractivity contribution in [2.75, 3.05) is 7.11 Å². The van der Waals surface area contributed by atoms with Gasteiger partial charge in [0.15, 0.2) is 5.65 Å². The Morgan fingerprint density at radius 1 is 1.10 bits per heavy atom. The van der Waals surface area contributed by atoms with Crippen molar-refractivity contribution in [3.8, 4) is 5.75 Å². The van der Waals surface area contributed by atoms with Crippen molar-refractivity contribution in [1.82, 2.24) is 15.0 Å². The molecule has 0 aliphatic rings. The Kier molecular flexibility index (Phi) is 3.99. The maximum Gasteiger partial charge on any atom is 0.179 e. The molecule has 0 fully saturated rings. The van der Waals surface area contributed by atoms with Gasteiger partial charge in [-0.2, -0.15) is 0 Å². The number of aromatic nitrogens is 3. The molecule has 2 heterocycles. The minimum Gasteiger partial charge on any atom is -0.497 e. The third-order valence-electron chi connectivity index (χ3n) is 3.24. The number of hydrogen-bond acceptors (Lipinski definition) is 3. The van der Waals surface area contributed by atoms with Gasteiger partial charge in [0.1, 0.15) is 16.7 Å². The molecule has 3 aromatic rings. The fourth-order valence-electron chi connectivity index (χ4n) is 2.12. The number of halogens is 2. The van der Waals surface area contributed by atoms with E-state index in [0.29, 0.717) is 10.7 Å². The lowest BCUT2D eigenvalue weighted by molar-refractivity contribution is 0.414. The molecule has 2 aromatic heterocycles. The number of pyridine rings is 1. The van der Waals surface area contributed by atoms with Gasteiger partial charge in [0, 0.05) is 6.42 Å². The number of hydrogen-bond donors (Lipinski definition) is 1. The number of H-pyrrole nitrogens is 1. The molecule has 0 saturated heterocycles. The first-order chi connectivity index (χ1) is 10.2. The zero-order valence-corrected chi connectivity index (χ0v) is 12.9. The summed E-state index contributed by atoms with van der Waals surface area (Å²) in [5, 5.41) is 0.701. The molecular weight excluding hydrogens is 309 g/mol. The first kappa shape index (κ1) is 14.2. The van der Waals surface area contributed by atoms with Gasteiger partial charge in [-0.05, 0) is 30.2 Å². The van der Waals surface area contributed by atoms with E-state index in [1.54, 1.807) is 13.2 Å². The van der Waals surface area contributed by atoms with Crippen LogP contribution in [0.1, 0.15) is 11.4 Å². The van der Waals surface area contributed by atoms with E-state index in [9.17, 15) is 0 Å². The number of fused-ring (bicyclic) bond motifs is 1. The van der Waals surface area contributed by atoms with Gasteiger partial charge in [-0.3, -0.25) is 0 Å². The largest absolute Gasteiger partial charge is 0.497 e. The van der Waals surface area contributed by atoms with Crippen molar-refractivity contribution in [2.24, 2.45) is 0 Å². The van der Waals surface area contributed by atoms with Crippen LogP contribution in [0.3, 0.4) is 0 Å². The van der Waals surface area contributed by atoms with Gasteiger partial charge in [-0.15, -0.1) is 0 Å². The summed E-state index contributed by atoms with van der Waals surface area (Å²) in [6.07, 6.45) is 1.67. The molecular formula is C15H13Cl2N3O. The van der Waals surface area contributed by atoms with Crippen molar-refractivity contribution in [3.05, 3.63) is 51.9 Å². The summed E-state index contributed by atoms with van der Waals surface area (Å²) in [6.45, 7) is 0. The molecule has 6 heteroatoms. The van der Waals surface area contributed by atoms with Crippen LogP contribution in [-0.4, -0.2) is 22.1 Å². The van der Waals surface area contributed by atoms with Crippen LogP contribution in [0.15, 0.2) is 30.3 Å². The molecule has 0 aliphatic carbocycles. The smallest absolute Gasteiger partial charge is 0.179 e. The molecule has 0 amide bonds. The molecule has 1 N–H and O–H groups in total. The van der Waals surface area contributed by atoms with E-state index >= 15 is 0 Å². The van der Waals surface area contributed by atoms with Gasteiger partial charge in [0.25, 0.3) is 0 Å². The van der Waals surface area contributed by atoms with Crippen molar-refractivity contribution >= 4 is 34.4 Å². The molecule has 0 bridgehead atoms. The zero-order valence-electron chi connectivity index (χ0n) is 11.4. The highest BCUT2D eigenvalue weighted by Crippen LogP contribution is 2.23. The fourth-order valence-corrected chi connectivity index (χ4v) is 2.41. The lowest BCUT2D eigenvalue weighted by Crippen LogP contribution is -1.93. The molecule has 0 saturated carbocycles. The maximum absolute atomic E-state index is 5.94. The molecule has 0 atom stereocenters. The normalized spacial score (nSPS) is 11.0. The average molecular weight is 322 g/mol. The van der Waals surface area contributed by atoms with Crippen molar-refractivity contribution < 1.29 is 4.74 Å². The van der Waals surface area contributed by atoms with Crippen LogP contribution < -0.4 is 4.74 Å². The second-order valence-electron chi connectivity index (χ2n) is 4.66. The Labute approximate surface area is 132 Å². The van der Waals surface area contributed by atoms with E-state index < -0.39 is 0 Å². The van der Waals surface area contributed by atoms with Crippen molar-refractivity contribution in [3.63, 3.8) is 0 Å². The van der Waals surface area contributed by atoms with E-state index in [2.05, 4.69) is 15.0 Å². The van der Waals surface area contributed by atoms with Crippen LogP contribution in [0.2, 0.25) is 10.2 Å². The zero-order chi connectivity index (χ0) is 14.8. The Bertz CT molecular complexity index is 729. The lowest BCUT2D eigenvalue weighted by Gasteiger charge is -2.02. The predicted octanol–water partition coefficient (Wildman–Crippen LogP) is 4.06. The number of imidazole rings is 1. The molecule has 0 radical (unpaired) electrons. The van der Waals surface area contributed by atoms with Crippen LogP contribution in [-0.2, 0) is 12.8 Å². The highest BCUT2D eigenvalue weighted by atomic mass is 35.5. The van der Waals surface area contributed by atoms with Gasteiger partial charge in [0.2, 0.25) is 0 Å². The molecule has 1 aromatic carbocycles. The summed E-state index contributed by atoms with van der Waals surface area (Å²) in [5.41, 5.74) is 2.61. The lowest BCUT2D eigenvalue weighted by atomic mass is 10.1. The van der Waals surface area contributed by atoms with E-state index in [1.165, 1.54) is 5.56 Å². The van der Waals surface area contributed by atoms with Gasteiger partial charge >= 0.3 is 0 Å². The number of ether oxygens (including phenoxy) is 1. The maximum atomic E-state index is 5.94. The Hall–Kier alpha value is -1.78. The Balaban J connectivity index is 1.75. The summed E-state index contributed by atoms with van der Waals surface area (Å²) in [5.74, 6) is 1.72. The van der Waals surface area contributed by atoms with Crippen LogP contribution >= 0.6 is 23.2 Å². The molecule has 0 spiro atoms. The monoisotopic (exact) mass is 321 g/mol.